The summed E-state index contributed by atoms with van der Waals surface area (Å²) in [5.74, 6) is -1.06. The molecule has 1 aromatic rings. The second-order valence-electron chi connectivity index (χ2n) is 6.31. The highest BCUT2D eigenvalue weighted by Crippen LogP contribution is 2.61. The van der Waals surface area contributed by atoms with Gasteiger partial charge in [-0.3, -0.25) is 4.79 Å². The lowest BCUT2D eigenvalue weighted by Crippen LogP contribution is -2.55. The van der Waals surface area contributed by atoms with E-state index < -0.39 is 11.4 Å². The van der Waals surface area contributed by atoms with Crippen molar-refractivity contribution in [3.8, 4) is 0 Å². The summed E-state index contributed by atoms with van der Waals surface area (Å²) in [5, 5.41) is 9.63. The number of aliphatic carboxylic acids is 1. The first-order chi connectivity index (χ1) is 9.06. The Kier molecular flexibility index (Phi) is 2.88. The molecule has 0 aliphatic heterocycles. The van der Waals surface area contributed by atoms with Gasteiger partial charge in [0.2, 0.25) is 0 Å². The van der Waals surface area contributed by atoms with E-state index in [0.29, 0.717) is 0 Å². The van der Waals surface area contributed by atoms with Crippen molar-refractivity contribution in [2.45, 2.75) is 50.4 Å². The minimum absolute atomic E-state index is 0.241. The first kappa shape index (κ1) is 12.6. The number of carboxylic acid groups (broad SMARTS) is 1. The largest absolute Gasteiger partial charge is 0.481 e. The van der Waals surface area contributed by atoms with Gasteiger partial charge in [-0.25, -0.2) is 4.39 Å². The first-order valence-electron chi connectivity index (χ1n) is 7.06. The molecule has 19 heavy (non-hydrogen) atoms. The van der Waals surface area contributed by atoms with Gasteiger partial charge in [-0.1, -0.05) is 31.4 Å². The molecule has 3 heteroatoms. The Balaban J connectivity index is 1.87. The van der Waals surface area contributed by atoms with E-state index in [1.807, 2.05) is 0 Å². The number of carbonyl (C=O) groups is 1. The molecule has 0 unspecified atom stereocenters. The standard InChI is InChI=1S/C16H19FO2/c17-13-6-4-12(5-7-13)16(14(18)19)10-15(11-16)8-2-1-3-9-15/h4-7H,1-3,8-11H2,(H,18,19). The molecule has 2 aliphatic carbocycles. The van der Waals surface area contributed by atoms with Gasteiger partial charge >= 0.3 is 5.97 Å². The molecule has 0 aromatic heterocycles. The minimum Gasteiger partial charge on any atom is -0.481 e. The van der Waals surface area contributed by atoms with Crippen LogP contribution in [0.25, 0.3) is 0 Å². The van der Waals surface area contributed by atoms with E-state index in [9.17, 15) is 14.3 Å². The maximum absolute atomic E-state index is 13.0. The van der Waals surface area contributed by atoms with Gasteiger partial charge in [0.1, 0.15) is 5.82 Å². The second kappa shape index (κ2) is 4.32. The number of benzene rings is 1. The van der Waals surface area contributed by atoms with E-state index in [1.54, 1.807) is 12.1 Å². The molecule has 2 saturated carbocycles. The minimum atomic E-state index is -0.773. The summed E-state index contributed by atoms with van der Waals surface area (Å²) in [6.45, 7) is 0. The molecule has 0 amide bonds. The van der Waals surface area contributed by atoms with Gasteiger partial charge < -0.3 is 5.11 Å². The van der Waals surface area contributed by atoms with Crippen molar-refractivity contribution in [2.24, 2.45) is 5.41 Å². The number of rotatable bonds is 2. The van der Waals surface area contributed by atoms with Gasteiger partial charge in [0.05, 0.1) is 5.41 Å². The maximum Gasteiger partial charge on any atom is 0.314 e. The maximum atomic E-state index is 13.0. The van der Waals surface area contributed by atoms with E-state index in [4.69, 9.17) is 0 Å². The van der Waals surface area contributed by atoms with E-state index in [-0.39, 0.29) is 11.2 Å². The predicted octanol–water partition coefficient (Wildman–Crippen LogP) is 3.89. The molecule has 0 saturated heterocycles. The van der Waals surface area contributed by atoms with Crippen LogP contribution >= 0.6 is 0 Å². The average molecular weight is 262 g/mol. The zero-order valence-electron chi connectivity index (χ0n) is 11.0. The highest BCUT2D eigenvalue weighted by Gasteiger charge is 2.59. The van der Waals surface area contributed by atoms with Crippen molar-refractivity contribution in [1.82, 2.24) is 0 Å². The summed E-state index contributed by atoms with van der Waals surface area (Å²) in [4.78, 5) is 11.7. The number of hydrogen-bond donors (Lipinski definition) is 1. The summed E-state index contributed by atoms with van der Waals surface area (Å²) >= 11 is 0. The lowest BCUT2D eigenvalue weighted by atomic mass is 9.46. The normalized spacial score (nSPS) is 23.8. The van der Waals surface area contributed by atoms with E-state index >= 15 is 0 Å². The Morgan fingerprint density at radius 1 is 1.05 bits per heavy atom. The molecule has 0 bridgehead atoms. The highest BCUT2D eigenvalue weighted by atomic mass is 19.1. The summed E-state index contributed by atoms with van der Waals surface area (Å²) in [6, 6.07) is 6.01. The molecule has 1 aromatic carbocycles. The fraction of sp³-hybridized carbons (Fsp3) is 0.562. The van der Waals surface area contributed by atoms with Gasteiger partial charge in [-0.2, -0.15) is 0 Å². The van der Waals surface area contributed by atoms with Crippen molar-refractivity contribution in [2.75, 3.05) is 0 Å². The number of carboxylic acids is 1. The smallest absolute Gasteiger partial charge is 0.314 e. The molecular weight excluding hydrogens is 243 g/mol. The molecule has 2 nitrogen and oxygen atoms in total. The Bertz CT molecular complexity index is 478. The molecular formula is C16H19FO2. The fourth-order valence-electron chi connectivity index (χ4n) is 4.13. The van der Waals surface area contributed by atoms with E-state index in [2.05, 4.69) is 0 Å². The average Bonchev–Trinajstić information content (AvgIpc) is 2.37. The van der Waals surface area contributed by atoms with Crippen LogP contribution in [0.15, 0.2) is 24.3 Å². The SMILES string of the molecule is O=C(O)C1(c2ccc(F)cc2)CC2(CCCCC2)C1. The summed E-state index contributed by atoms with van der Waals surface area (Å²) < 4.78 is 13.0. The highest BCUT2D eigenvalue weighted by molar-refractivity contribution is 5.83. The van der Waals surface area contributed by atoms with Crippen LogP contribution in [0.2, 0.25) is 0 Å². The summed E-state index contributed by atoms with van der Waals surface area (Å²) in [7, 11) is 0. The van der Waals surface area contributed by atoms with Crippen molar-refractivity contribution in [3.05, 3.63) is 35.6 Å². The van der Waals surface area contributed by atoms with Crippen LogP contribution in [0.4, 0.5) is 4.39 Å². The number of halogens is 1. The summed E-state index contributed by atoms with van der Waals surface area (Å²) in [5.41, 5.74) is 0.230. The van der Waals surface area contributed by atoms with Gasteiger partial charge in [0.25, 0.3) is 0 Å². The predicted molar refractivity (Wildman–Crippen MR) is 70.5 cm³/mol. The lowest BCUT2D eigenvalue weighted by Gasteiger charge is -2.56. The van der Waals surface area contributed by atoms with Crippen LogP contribution in [0.1, 0.15) is 50.5 Å². The van der Waals surface area contributed by atoms with E-state index in [1.165, 1.54) is 31.4 Å². The van der Waals surface area contributed by atoms with Crippen LogP contribution in [0.5, 0.6) is 0 Å². The van der Waals surface area contributed by atoms with Crippen LogP contribution in [0.3, 0.4) is 0 Å². The quantitative estimate of drug-likeness (QED) is 0.877. The van der Waals surface area contributed by atoms with Gasteiger partial charge in [-0.05, 0) is 48.8 Å². The monoisotopic (exact) mass is 262 g/mol. The Hall–Kier alpha value is -1.38. The molecule has 3 rings (SSSR count). The van der Waals surface area contributed by atoms with Gasteiger partial charge in [-0.15, -0.1) is 0 Å². The Labute approximate surface area is 112 Å². The van der Waals surface area contributed by atoms with Crippen molar-refractivity contribution in [3.63, 3.8) is 0 Å². The zero-order chi connectivity index (χ0) is 13.5. The van der Waals surface area contributed by atoms with Crippen molar-refractivity contribution in [1.29, 1.82) is 0 Å². The van der Waals surface area contributed by atoms with Crippen molar-refractivity contribution < 1.29 is 14.3 Å². The zero-order valence-corrected chi connectivity index (χ0v) is 11.0. The molecule has 1 N–H and O–H groups in total. The van der Waals surface area contributed by atoms with Gasteiger partial charge in [0.15, 0.2) is 0 Å². The molecule has 0 radical (unpaired) electrons. The topological polar surface area (TPSA) is 37.3 Å². The third-order valence-electron chi connectivity index (χ3n) is 5.07. The molecule has 1 spiro atoms. The Morgan fingerprint density at radius 3 is 2.16 bits per heavy atom. The third kappa shape index (κ3) is 1.96. The van der Waals surface area contributed by atoms with Crippen LogP contribution in [0, 0.1) is 11.2 Å². The molecule has 2 aliphatic rings. The van der Waals surface area contributed by atoms with Crippen molar-refractivity contribution >= 4 is 5.97 Å². The van der Waals surface area contributed by atoms with E-state index in [0.717, 1.165) is 31.2 Å². The van der Waals surface area contributed by atoms with Gasteiger partial charge in [0, 0.05) is 0 Å². The third-order valence-corrected chi connectivity index (χ3v) is 5.07. The summed E-state index contributed by atoms with van der Waals surface area (Å²) in [6.07, 6.45) is 7.48. The number of hydrogen-bond acceptors (Lipinski definition) is 1. The lowest BCUT2D eigenvalue weighted by molar-refractivity contribution is -0.156. The molecule has 0 heterocycles. The molecule has 102 valence electrons. The Morgan fingerprint density at radius 2 is 1.63 bits per heavy atom. The molecule has 2 fully saturated rings. The van der Waals surface area contributed by atoms with Crippen LogP contribution in [-0.4, -0.2) is 11.1 Å². The second-order valence-corrected chi connectivity index (χ2v) is 6.31. The van der Waals surface area contributed by atoms with Crippen LogP contribution in [-0.2, 0) is 10.2 Å². The first-order valence-corrected chi connectivity index (χ1v) is 7.06. The fourth-order valence-corrected chi connectivity index (χ4v) is 4.13. The van der Waals surface area contributed by atoms with Crippen LogP contribution < -0.4 is 0 Å². The molecule has 0 atom stereocenters.